The zero-order valence-electron chi connectivity index (χ0n) is 15.9. The van der Waals surface area contributed by atoms with Crippen LogP contribution in [0.15, 0.2) is 47.8 Å². The van der Waals surface area contributed by atoms with Crippen LogP contribution in [0, 0.1) is 23.0 Å². The lowest BCUT2D eigenvalue weighted by molar-refractivity contribution is -0.385. The Morgan fingerprint density at radius 1 is 1.21 bits per heavy atom. The van der Waals surface area contributed by atoms with E-state index in [9.17, 15) is 14.9 Å². The molecule has 0 unspecified atom stereocenters. The Hall–Kier alpha value is -3.06. The van der Waals surface area contributed by atoms with Crippen molar-refractivity contribution >= 4 is 28.1 Å². The van der Waals surface area contributed by atoms with Crippen molar-refractivity contribution in [2.24, 2.45) is 5.92 Å². The van der Waals surface area contributed by atoms with Gasteiger partial charge >= 0.3 is 0 Å². The Labute approximate surface area is 167 Å². The second-order valence-corrected chi connectivity index (χ2v) is 7.90. The van der Waals surface area contributed by atoms with E-state index < -0.39 is 10.8 Å². The molecule has 0 aliphatic carbocycles. The van der Waals surface area contributed by atoms with E-state index in [0.717, 1.165) is 17.7 Å². The number of rotatable bonds is 6. The van der Waals surface area contributed by atoms with Crippen LogP contribution >= 0.6 is 11.3 Å². The summed E-state index contributed by atoms with van der Waals surface area (Å²) in [4.78, 5) is 27.5. The van der Waals surface area contributed by atoms with Crippen LogP contribution in [0.3, 0.4) is 0 Å². The molecule has 0 bridgehead atoms. The summed E-state index contributed by atoms with van der Waals surface area (Å²) in [5.74, 6) is 0.181. The van der Waals surface area contributed by atoms with Crippen molar-refractivity contribution in [1.29, 1.82) is 0 Å². The topological polar surface area (TPSA) is 85.1 Å². The minimum absolute atomic E-state index is 0.0750. The number of nitro benzene ring substituents is 1. The van der Waals surface area contributed by atoms with Crippen LogP contribution in [0.5, 0.6) is 0 Å². The number of nitrogens with zero attached hydrogens (tertiary/aromatic N) is 2. The van der Waals surface area contributed by atoms with E-state index in [4.69, 9.17) is 0 Å². The standard InChI is InChI=1S/C21H21N3O3S/c1-13(2)10-15-5-8-16(9-6-15)18-12-28-21(22-18)23-20(25)17-7-4-14(3)19(11-17)24(26)27/h4-9,11-13H,10H2,1-3H3,(H,22,23,25). The van der Waals surface area contributed by atoms with Crippen LogP contribution in [0.25, 0.3) is 11.3 Å². The van der Waals surface area contributed by atoms with Gasteiger partial charge in [0, 0.05) is 28.1 Å². The molecule has 28 heavy (non-hydrogen) atoms. The number of nitrogens with one attached hydrogen (secondary N) is 1. The summed E-state index contributed by atoms with van der Waals surface area (Å²) < 4.78 is 0. The van der Waals surface area contributed by atoms with Gasteiger partial charge in [0.15, 0.2) is 5.13 Å². The molecule has 0 atom stereocenters. The Balaban J connectivity index is 1.73. The Morgan fingerprint density at radius 3 is 2.57 bits per heavy atom. The highest BCUT2D eigenvalue weighted by Gasteiger charge is 2.16. The first-order valence-electron chi connectivity index (χ1n) is 8.94. The van der Waals surface area contributed by atoms with Gasteiger partial charge < -0.3 is 0 Å². The summed E-state index contributed by atoms with van der Waals surface area (Å²) >= 11 is 1.32. The maximum Gasteiger partial charge on any atom is 0.273 e. The van der Waals surface area contributed by atoms with E-state index in [1.54, 1.807) is 19.1 Å². The maximum atomic E-state index is 12.4. The molecule has 3 rings (SSSR count). The summed E-state index contributed by atoms with van der Waals surface area (Å²) in [5, 5.41) is 16.1. The van der Waals surface area contributed by atoms with Crippen LogP contribution in [0.2, 0.25) is 0 Å². The first-order valence-corrected chi connectivity index (χ1v) is 9.82. The number of amides is 1. The second kappa shape index (κ2) is 8.31. The highest BCUT2D eigenvalue weighted by molar-refractivity contribution is 7.14. The number of aromatic nitrogens is 1. The SMILES string of the molecule is Cc1ccc(C(=O)Nc2nc(-c3ccc(CC(C)C)cc3)cs2)cc1[N+](=O)[O-]. The predicted molar refractivity (Wildman–Crippen MR) is 112 cm³/mol. The number of anilines is 1. The zero-order valence-corrected chi connectivity index (χ0v) is 16.7. The molecule has 1 N–H and O–H groups in total. The van der Waals surface area contributed by atoms with Crippen molar-refractivity contribution < 1.29 is 9.72 Å². The van der Waals surface area contributed by atoms with Gasteiger partial charge in [-0.1, -0.05) is 44.2 Å². The summed E-state index contributed by atoms with van der Waals surface area (Å²) in [6, 6.07) is 12.7. The molecule has 1 heterocycles. The van der Waals surface area contributed by atoms with Gasteiger partial charge in [0.2, 0.25) is 0 Å². The van der Waals surface area contributed by atoms with E-state index in [2.05, 4.69) is 36.3 Å². The third-order valence-corrected chi connectivity index (χ3v) is 5.04. The lowest BCUT2D eigenvalue weighted by atomic mass is 10.0. The minimum atomic E-state index is -0.490. The van der Waals surface area contributed by atoms with Crippen LogP contribution in [0.4, 0.5) is 10.8 Å². The first-order chi connectivity index (χ1) is 13.3. The minimum Gasteiger partial charge on any atom is -0.298 e. The van der Waals surface area contributed by atoms with Gasteiger partial charge in [0.05, 0.1) is 10.6 Å². The molecular formula is C21H21N3O3S. The number of hydrogen-bond acceptors (Lipinski definition) is 5. The fourth-order valence-corrected chi connectivity index (χ4v) is 3.58. The normalized spacial score (nSPS) is 10.9. The first kappa shape index (κ1) is 19.7. The van der Waals surface area contributed by atoms with Gasteiger partial charge in [-0.15, -0.1) is 11.3 Å². The van der Waals surface area contributed by atoms with Crippen molar-refractivity contribution in [1.82, 2.24) is 4.98 Å². The molecule has 0 fully saturated rings. The third-order valence-electron chi connectivity index (χ3n) is 4.29. The number of thiazole rings is 1. The van der Waals surface area contributed by atoms with E-state index in [-0.39, 0.29) is 11.3 Å². The van der Waals surface area contributed by atoms with Gasteiger partial charge in [-0.3, -0.25) is 20.2 Å². The van der Waals surface area contributed by atoms with Gasteiger partial charge in [0.25, 0.3) is 11.6 Å². The molecule has 0 saturated heterocycles. The third kappa shape index (κ3) is 4.61. The average molecular weight is 395 g/mol. The van der Waals surface area contributed by atoms with E-state index in [0.29, 0.717) is 16.6 Å². The number of carbonyl (C=O) groups is 1. The van der Waals surface area contributed by atoms with E-state index in [1.807, 2.05) is 17.5 Å². The number of hydrogen-bond donors (Lipinski definition) is 1. The molecule has 0 spiro atoms. The monoisotopic (exact) mass is 395 g/mol. The molecule has 0 saturated carbocycles. The number of aryl methyl sites for hydroxylation is 1. The number of carbonyl (C=O) groups excluding carboxylic acids is 1. The number of nitro groups is 1. The van der Waals surface area contributed by atoms with Crippen LogP contribution in [0.1, 0.15) is 35.3 Å². The Morgan fingerprint density at radius 2 is 1.93 bits per heavy atom. The molecule has 1 amide bonds. The van der Waals surface area contributed by atoms with Crippen molar-refractivity contribution in [2.75, 3.05) is 5.32 Å². The van der Waals surface area contributed by atoms with Gasteiger partial charge in [-0.2, -0.15) is 0 Å². The lowest BCUT2D eigenvalue weighted by Crippen LogP contribution is -2.12. The maximum absolute atomic E-state index is 12.4. The van der Waals surface area contributed by atoms with Crippen molar-refractivity contribution in [3.8, 4) is 11.3 Å². The molecule has 0 aliphatic heterocycles. The summed E-state index contributed by atoms with van der Waals surface area (Å²) in [6.07, 6.45) is 1.03. The number of benzene rings is 2. The molecule has 0 radical (unpaired) electrons. The fraction of sp³-hybridized carbons (Fsp3) is 0.238. The Kier molecular flexibility index (Phi) is 5.84. The summed E-state index contributed by atoms with van der Waals surface area (Å²) in [6.45, 7) is 6.01. The largest absolute Gasteiger partial charge is 0.298 e. The molecule has 6 nitrogen and oxygen atoms in total. The fourth-order valence-electron chi connectivity index (χ4n) is 2.86. The van der Waals surface area contributed by atoms with Gasteiger partial charge in [-0.25, -0.2) is 4.98 Å². The molecule has 144 valence electrons. The summed E-state index contributed by atoms with van der Waals surface area (Å²) in [7, 11) is 0. The molecule has 3 aromatic rings. The lowest BCUT2D eigenvalue weighted by Gasteiger charge is -2.05. The van der Waals surface area contributed by atoms with Crippen LogP contribution in [-0.4, -0.2) is 15.8 Å². The summed E-state index contributed by atoms with van der Waals surface area (Å²) in [5.41, 5.74) is 3.71. The molecule has 7 heteroatoms. The van der Waals surface area contributed by atoms with E-state index >= 15 is 0 Å². The molecule has 0 aliphatic rings. The van der Waals surface area contributed by atoms with Crippen LogP contribution < -0.4 is 5.32 Å². The smallest absolute Gasteiger partial charge is 0.273 e. The van der Waals surface area contributed by atoms with Crippen molar-refractivity contribution in [3.05, 3.63) is 74.6 Å². The molecular weight excluding hydrogens is 374 g/mol. The average Bonchev–Trinajstić information content (AvgIpc) is 3.10. The zero-order chi connectivity index (χ0) is 20.3. The van der Waals surface area contributed by atoms with Gasteiger partial charge in [-0.05, 0) is 30.9 Å². The predicted octanol–water partition coefficient (Wildman–Crippen LogP) is 5.48. The van der Waals surface area contributed by atoms with Crippen molar-refractivity contribution in [2.45, 2.75) is 27.2 Å². The Bertz CT molecular complexity index is 1010. The second-order valence-electron chi connectivity index (χ2n) is 7.05. The highest BCUT2D eigenvalue weighted by atomic mass is 32.1. The quantitative estimate of drug-likeness (QED) is 0.442. The van der Waals surface area contributed by atoms with Gasteiger partial charge in [0.1, 0.15) is 0 Å². The van der Waals surface area contributed by atoms with Crippen molar-refractivity contribution in [3.63, 3.8) is 0 Å². The molecule has 1 aromatic heterocycles. The highest BCUT2D eigenvalue weighted by Crippen LogP contribution is 2.26. The van der Waals surface area contributed by atoms with Crippen LogP contribution in [-0.2, 0) is 6.42 Å². The molecule has 2 aromatic carbocycles. The van der Waals surface area contributed by atoms with E-state index in [1.165, 1.54) is 23.0 Å².